The molecule has 0 fully saturated rings. The largest absolute Gasteiger partial charge is 0.486 e. The number of benzene rings is 3. The molecule has 1 N–H and O–H groups in total. The van der Waals surface area contributed by atoms with Gasteiger partial charge in [-0.3, -0.25) is 9.59 Å². The Balaban J connectivity index is 1.47. The van der Waals surface area contributed by atoms with Crippen LogP contribution in [0.2, 0.25) is 0 Å². The highest BCUT2D eigenvalue weighted by molar-refractivity contribution is 7.16. The Hall–Kier alpha value is -5.74. The number of thiophene rings is 2. The number of carboxylic acid groups (broad SMARTS) is 1. The van der Waals surface area contributed by atoms with Gasteiger partial charge in [0, 0.05) is 42.6 Å². The van der Waals surface area contributed by atoms with Gasteiger partial charge in [0.15, 0.2) is 0 Å². The molecule has 5 rings (SSSR count). The zero-order valence-electron chi connectivity index (χ0n) is 24.2. The van der Waals surface area contributed by atoms with E-state index in [2.05, 4.69) is 78.2 Å². The number of allylic oxidation sites excluding steroid dienone is 1. The van der Waals surface area contributed by atoms with Gasteiger partial charge in [-0.1, -0.05) is 42.0 Å². The quantitative estimate of drug-likeness (QED) is 0.0545. The average molecular weight is 628 g/mol. The van der Waals surface area contributed by atoms with Gasteiger partial charge in [0.25, 0.3) is 12.2 Å². The fourth-order valence-electron chi connectivity index (χ4n) is 4.75. The van der Waals surface area contributed by atoms with Crippen molar-refractivity contribution in [3.8, 4) is 27.0 Å². The molecule has 0 bridgehead atoms. The third-order valence-corrected chi connectivity index (χ3v) is 9.01. The van der Waals surface area contributed by atoms with Crippen molar-refractivity contribution < 1.29 is 19.4 Å². The number of nitriles is 1. The van der Waals surface area contributed by atoms with Crippen LogP contribution in [0.15, 0.2) is 102 Å². The summed E-state index contributed by atoms with van der Waals surface area (Å²) < 4.78 is 4.70. The smallest absolute Gasteiger partial charge is 0.333 e. The maximum Gasteiger partial charge on any atom is 0.333 e. The van der Waals surface area contributed by atoms with Crippen molar-refractivity contribution in [2.75, 3.05) is 4.90 Å². The first-order chi connectivity index (χ1) is 21.8. The van der Waals surface area contributed by atoms with Gasteiger partial charge in [0.05, 0.1) is 6.57 Å². The van der Waals surface area contributed by atoms with Crippen molar-refractivity contribution >= 4 is 64.3 Å². The van der Waals surface area contributed by atoms with E-state index >= 15 is 0 Å². The summed E-state index contributed by atoms with van der Waals surface area (Å²) in [6.07, 6.45) is 2.93. The summed E-state index contributed by atoms with van der Waals surface area (Å²) in [6, 6.07) is 32.3. The van der Waals surface area contributed by atoms with Crippen molar-refractivity contribution in [2.24, 2.45) is 0 Å². The Bertz CT molecular complexity index is 2020. The molecule has 0 saturated heterocycles. The number of rotatable bonds is 10. The molecule has 0 atom stereocenters. The Morgan fingerprint density at radius 2 is 1.42 bits per heavy atom. The van der Waals surface area contributed by atoms with E-state index in [0.717, 1.165) is 48.4 Å². The lowest BCUT2D eigenvalue weighted by Gasteiger charge is -2.27. The summed E-state index contributed by atoms with van der Waals surface area (Å²) >= 11 is 2.92. The lowest BCUT2D eigenvalue weighted by Crippen LogP contribution is -2.11. The van der Waals surface area contributed by atoms with Gasteiger partial charge in [-0.25, -0.2) is 4.85 Å². The molecule has 9 heteroatoms. The van der Waals surface area contributed by atoms with Crippen LogP contribution in [0.25, 0.3) is 37.9 Å². The first kappa shape index (κ1) is 30.7. The highest BCUT2D eigenvalue weighted by Gasteiger charge is 2.16. The molecule has 45 heavy (non-hydrogen) atoms. The molecule has 0 aliphatic carbocycles. The molecule has 0 saturated carbocycles. The number of carboxylic acids is 1. The number of hydrogen-bond acceptors (Lipinski definition) is 7. The minimum absolute atomic E-state index is 0.0624. The van der Waals surface area contributed by atoms with Gasteiger partial charge in [-0.2, -0.15) is 5.26 Å². The normalized spacial score (nSPS) is 11.4. The van der Waals surface area contributed by atoms with Gasteiger partial charge in [0.2, 0.25) is 5.76 Å². The average Bonchev–Trinajstić information content (AvgIpc) is 3.71. The molecule has 220 valence electrons. The van der Waals surface area contributed by atoms with Crippen molar-refractivity contribution in [2.45, 2.75) is 13.8 Å². The molecule has 2 aromatic heterocycles. The maximum atomic E-state index is 11.2. The van der Waals surface area contributed by atoms with Crippen LogP contribution in [0.1, 0.15) is 20.9 Å². The third-order valence-electron chi connectivity index (χ3n) is 6.84. The van der Waals surface area contributed by atoms with Crippen LogP contribution < -0.4 is 4.90 Å². The zero-order valence-corrected chi connectivity index (χ0v) is 25.9. The second-order valence-corrected chi connectivity index (χ2v) is 12.1. The summed E-state index contributed by atoms with van der Waals surface area (Å²) in [7, 11) is 0. The molecule has 0 aliphatic rings. The van der Waals surface area contributed by atoms with Gasteiger partial charge < -0.3 is 14.7 Å². The van der Waals surface area contributed by atoms with E-state index < -0.39 is 5.97 Å². The van der Waals surface area contributed by atoms with Gasteiger partial charge in [-0.05, 0) is 91.2 Å². The number of nitrogens with zero attached hydrogens (tertiary/aromatic N) is 3. The maximum absolute atomic E-state index is 11.2. The van der Waals surface area contributed by atoms with Crippen LogP contribution in [0, 0.1) is 31.8 Å². The summed E-state index contributed by atoms with van der Waals surface area (Å²) in [5.41, 5.74) is 6.99. The lowest BCUT2D eigenvalue weighted by molar-refractivity contribution is -0.132. The Labute approximate surface area is 268 Å². The standard InChI is InChI=1S/C36H25N3O4S2/c1-23-4-15-33(24(2)18-23)39(27-9-5-25(6-10-27)34-16-13-30(44-34)19-29(21-37)43-22-40)28-11-7-26(8-12-28)35-17-14-31(45-35)20-32(38-3)36(41)42/h4-20,22H,1-2H3,(H,41,42)/b29-19+,32-20-. The second-order valence-electron chi connectivity index (χ2n) is 9.90. The summed E-state index contributed by atoms with van der Waals surface area (Å²) in [4.78, 5) is 30.6. The number of carbonyl (C=O) groups excluding carboxylic acids is 1. The first-order valence-corrected chi connectivity index (χ1v) is 15.3. The molecule has 0 spiro atoms. The monoisotopic (exact) mass is 627 g/mol. The van der Waals surface area contributed by atoms with Gasteiger partial charge in [-0.15, -0.1) is 22.7 Å². The molecular weight excluding hydrogens is 603 g/mol. The fourth-order valence-corrected chi connectivity index (χ4v) is 6.65. The van der Waals surface area contributed by atoms with Crippen LogP contribution in [0.3, 0.4) is 0 Å². The van der Waals surface area contributed by atoms with Gasteiger partial charge in [0.1, 0.15) is 6.07 Å². The highest BCUT2D eigenvalue weighted by atomic mass is 32.1. The Kier molecular flexibility index (Phi) is 9.35. The molecule has 2 heterocycles. The lowest BCUT2D eigenvalue weighted by atomic mass is 10.1. The van der Waals surface area contributed by atoms with Crippen LogP contribution in [-0.2, 0) is 14.3 Å². The van der Waals surface area contributed by atoms with Crippen LogP contribution >= 0.6 is 22.7 Å². The molecule has 7 nitrogen and oxygen atoms in total. The van der Waals surface area contributed by atoms with Crippen molar-refractivity contribution in [1.29, 1.82) is 5.26 Å². The van der Waals surface area contributed by atoms with Crippen LogP contribution in [-0.4, -0.2) is 17.5 Å². The van der Waals surface area contributed by atoms with E-state index in [-0.39, 0.29) is 17.9 Å². The van der Waals surface area contributed by atoms with E-state index in [9.17, 15) is 14.7 Å². The molecule has 0 unspecified atom stereocenters. The number of carbonyl (C=O) groups is 2. The predicted molar refractivity (Wildman–Crippen MR) is 180 cm³/mol. The van der Waals surface area contributed by atoms with Crippen LogP contribution in [0.4, 0.5) is 17.1 Å². The minimum atomic E-state index is -1.24. The number of aryl methyl sites for hydroxylation is 2. The van der Waals surface area contributed by atoms with Crippen molar-refractivity contribution in [1.82, 2.24) is 0 Å². The second kappa shape index (κ2) is 13.7. The topological polar surface area (TPSA) is 95.0 Å². The Morgan fingerprint density at radius 1 is 0.867 bits per heavy atom. The molecule has 0 radical (unpaired) electrons. The third kappa shape index (κ3) is 7.09. The molecule has 0 aliphatic heterocycles. The molecule has 5 aromatic rings. The van der Waals surface area contributed by atoms with Gasteiger partial charge >= 0.3 is 5.97 Å². The van der Waals surface area contributed by atoms with Crippen molar-refractivity contribution in [3.05, 3.63) is 135 Å². The highest BCUT2D eigenvalue weighted by Crippen LogP contribution is 2.40. The molecule has 3 aromatic carbocycles. The number of anilines is 3. The summed E-state index contributed by atoms with van der Waals surface area (Å²) in [5.74, 6) is -1.30. The number of aliphatic carboxylic acids is 1. The minimum Gasteiger partial charge on any atom is -0.486 e. The van der Waals surface area contributed by atoms with E-state index in [1.165, 1.54) is 40.4 Å². The summed E-state index contributed by atoms with van der Waals surface area (Å²) in [5, 5.41) is 18.3. The van der Waals surface area contributed by atoms with E-state index in [0.29, 0.717) is 4.88 Å². The summed E-state index contributed by atoms with van der Waals surface area (Å²) in [6.45, 7) is 11.5. The van der Waals surface area contributed by atoms with E-state index in [4.69, 9.17) is 16.6 Å². The fraction of sp³-hybridized carbons (Fsp3) is 0.0556. The predicted octanol–water partition coefficient (Wildman–Crippen LogP) is 9.61. The Morgan fingerprint density at radius 3 is 1.89 bits per heavy atom. The first-order valence-electron chi connectivity index (χ1n) is 13.6. The van der Waals surface area contributed by atoms with Crippen LogP contribution in [0.5, 0.6) is 0 Å². The molecular formula is C36H25N3O4S2. The number of hydrogen-bond donors (Lipinski definition) is 1. The zero-order chi connectivity index (χ0) is 31.9. The molecule has 0 amide bonds. The SMILES string of the molecule is [C-]#[N+]/C(=C\c1ccc(-c2ccc(N(c3ccc(-c4ccc(/C=C(\C#N)OC=O)s4)cc3)c3ccc(C)cc3C)cc2)s1)C(=O)O. The van der Waals surface area contributed by atoms with Crippen molar-refractivity contribution in [3.63, 3.8) is 0 Å². The van der Waals surface area contributed by atoms with E-state index in [1.54, 1.807) is 0 Å². The van der Waals surface area contributed by atoms with E-state index in [1.807, 2.05) is 42.5 Å². The number of ether oxygens (including phenoxy) is 1.